The van der Waals surface area contributed by atoms with E-state index in [4.69, 9.17) is 4.74 Å². The average Bonchev–Trinajstić information content (AvgIpc) is 2.62. The summed E-state index contributed by atoms with van der Waals surface area (Å²) in [5.41, 5.74) is 0.657. The highest BCUT2D eigenvalue weighted by atomic mass is 16.6. The van der Waals surface area contributed by atoms with Crippen molar-refractivity contribution in [3.8, 4) is 0 Å². The fraction of sp³-hybridized carbons (Fsp3) is 0.571. The lowest BCUT2D eigenvalue weighted by Crippen LogP contribution is -2.40. The molecule has 20 heavy (non-hydrogen) atoms. The van der Waals surface area contributed by atoms with Crippen LogP contribution in [0.5, 0.6) is 0 Å². The van der Waals surface area contributed by atoms with E-state index in [1.807, 2.05) is 6.92 Å². The first kappa shape index (κ1) is 13.0. The molecule has 0 aromatic heterocycles. The molecule has 6 heteroatoms. The van der Waals surface area contributed by atoms with Gasteiger partial charge in [-0.2, -0.15) is 0 Å². The van der Waals surface area contributed by atoms with Crippen LogP contribution in [0.25, 0.3) is 0 Å². The molecular weight excluding hydrogens is 264 g/mol. The van der Waals surface area contributed by atoms with Crippen molar-refractivity contribution < 1.29 is 28.7 Å². The molecule has 0 radical (unpaired) electrons. The lowest BCUT2D eigenvalue weighted by molar-refractivity contribution is -0.171. The number of cyclic esters (lactones) is 4. The van der Waals surface area contributed by atoms with Gasteiger partial charge < -0.3 is 9.47 Å². The number of rotatable bonds is 1. The minimum absolute atomic E-state index is 0.105. The minimum Gasteiger partial charge on any atom is -0.393 e. The molecule has 0 N–H and O–H groups in total. The molecule has 3 rings (SSSR count). The molecule has 0 saturated carbocycles. The van der Waals surface area contributed by atoms with Gasteiger partial charge in [0.15, 0.2) is 0 Å². The monoisotopic (exact) mass is 278 g/mol. The van der Waals surface area contributed by atoms with Gasteiger partial charge in [0.2, 0.25) is 0 Å². The molecule has 2 heterocycles. The van der Waals surface area contributed by atoms with Crippen LogP contribution in [0.1, 0.15) is 39.0 Å². The maximum absolute atomic E-state index is 11.8. The molecule has 106 valence electrons. The highest BCUT2D eigenvalue weighted by Gasteiger charge is 2.53. The Bertz CT molecular complexity index is 554. The zero-order valence-corrected chi connectivity index (χ0v) is 11.1. The van der Waals surface area contributed by atoms with Crippen LogP contribution in [-0.4, -0.2) is 23.9 Å². The molecule has 2 aliphatic heterocycles. The van der Waals surface area contributed by atoms with Crippen LogP contribution < -0.4 is 0 Å². The van der Waals surface area contributed by atoms with E-state index >= 15 is 0 Å². The summed E-state index contributed by atoms with van der Waals surface area (Å²) in [6.45, 7) is 1.89. The smallest absolute Gasteiger partial charge is 0.342 e. The second-order valence-electron chi connectivity index (χ2n) is 5.71. The number of ether oxygens (including phenoxy) is 2. The van der Waals surface area contributed by atoms with Crippen molar-refractivity contribution in [2.75, 3.05) is 0 Å². The molecule has 0 amide bonds. The van der Waals surface area contributed by atoms with Gasteiger partial charge in [-0.05, 0) is 24.7 Å². The van der Waals surface area contributed by atoms with Gasteiger partial charge in [0.1, 0.15) is 0 Å². The van der Waals surface area contributed by atoms with Crippen molar-refractivity contribution in [3.63, 3.8) is 0 Å². The van der Waals surface area contributed by atoms with E-state index in [-0.39, 0.29) is 12.8 Å². The third-order valence-electron chi connectivity index (χ3n) is 4.35. The third kappa shape index (κ3) is 1.87. The normalized spacial score (nSPS) is 28.6. The van der Waals surface area contributed by atoms with Gasteiger partial charge in [-0.25, -0.2) is 4.79 Å². The molecule has 6 nitrogen and oxygen atoms in total. The van der Waals surface area contributed by atoms with Gasteiger partial charge in [0.25, 0.3) is 0 Å². The van der Waals surface area contributed by atoms with Gasteiger partial charge in [0, 0.05) is 0 Å². The van der Waals surface area contributed by atoms with Crippen LogP contribution in [0.2, 0.25) is 0 Å². The SMILES string of the molecule is CCC1=C2C(=O)OC(=O)C2CC2(CC(=O)OC(=O)C2)C1. The maximum Gasteiger partial charge on any atom is 0.342 e. The number of hydrogen-bond acceptors (Lipinski definition) is 6. The van der Waals surface area contributed by atoms with Crippen molar-refractivity contribution >= 4 is 23.9 Å². The molecule has 0 aromatic rings. The van der Waals surface area contributed by atoms with Crippen molar-refractivity contribution in [2.24, 2.45) is 11.3 Å². The number of allylic oxidation sites excluding steroid dienone is 1. The minimum atomic E-state index is -0.634. The Balaban J connectivity index is 2.01. The first-order valence-electron chi connectivity index (χ1n) is 6.65. The first-order valence-corrected chi connectivity index (χ1v) is 6.65. The van der Waals surface area contributed by atoms with Crippen LogP contribution in [-0.2, 0) is 28.7 Å². The summed E-state index contributed by atoms with van der Waals surface area (Å²) < 4.78 is 9.26. The average molecular weight is 278 g/mol. The standard InChI is InChI=1S/C14H14O6/c1-2-7-3-14(5-9(15)19-10(16)6-14)4-8-11(7)13(18)20-12(8)17/h8H,2-6H2,1H3. The predicted octanol–water partition coefficient (Wildman–Crippen LogP) is 1.04. The van der Waals surface area contributed by atoms with Crippen LogP contribution in [0.4, 0.5) is 0 Å². The van der Waals surface area contributed by atoms with Crippen molar-refractivity contribution in [2.45, 2.75) is 39.0 Å². The van der Waals surface area contributed by atoms with Crippen LogP contribution in [0, 0.1) is 11.3 Å². The van der Waals surface area contributed by atoms with Gasteiger partial charge in [-0.1, -0.05) is 12.5 Å². The summed E-state index contributed by atoms with van der Waals surface area (Å²) in [5.74, 6) is -2.89. The molecule has 1 aliphatic carbocycles. The van der Waals surface area contributed by atoms with E-state index in [0.717, 1.165) is 5.57 Å². The van der Waals surface area contributed by atoms with E-state index in [0.29, 0.717) is 24.8 Å². The summed E-state index contributed by atoms with van der Waals surface area (Å²) in [5, 5.41) is 0. The van der Waals surface area contributed by atoms with Crippen LogP contribution in [0.15, 0.2) is 11.1 Å². The van der Waals surface area contributed by atoms with Gasteiger partial charge in [-0.15, -0.1) is 0 Å². The molecule has 0 aromatic carbocycles. The number of carbonyl (C=O) groups is 4. The maximum atomic E-state index is 11.8. The Morgan fingerprint density at radius 2 is 1.70 bits per heavy atom. The topological polar surface area (TPSA) is 86.7 Å². The Morgan fingerprint density at radius 3 is 2.30 bits per heavy atom. The first-order chi connectivity index (χ1) is 9.44. The fourth-order valence-electron chi connectivity index (χ4n) is 3.57. The van der Waals surface area contributed by atoms with E-state index < -0.39 is 35.2 Å². The second kappa shape index (κ2) is 4.26. The van der Waals surface area contributed by atoms with Gasteiger partial charge >= 0.3 is 23.9 Å². The molecular formula is C14H14O6. The summed E-state index contributed by atoms with van der Waals surface area (Å²) in [6.07, 6.45) is 1.58. The molecule has 1 spiro atoms. The third-order valence-corrected chi connectivity index (χ3v) is 4.35. The highest BCUT2D eigenvalue weighted by molar-refractivity contribution is 6.08. The molecule has 1 atom stereocenters. The zero-order chi connectivity index (χ0) is 14.5. The van der Waals surface area contributed by atoms with Crippen molar-refractivity contribution in [3.05, 3.63) is 11.1 Å². The van der Waals surface area contributed by atoms with Crippen molar-refractivity contribution in [1.29, 1.82) is 0 Å². The molecule has 1 unspecified atom stereocenters. The lowest BCUT2D eigenvalue weighted by atomic mass is 9.63. The summed E-state index contributed by atoms with van der Waals surface area (Å²) in [6, 6.07) is 0. The van der Waals surface area contributed by atoms with Gasteiger partial charge in [0.05, 0.1) is 24.3 Å². The molecule has 0 bridgehead atoms. The molecule has 3 aliphatic rings. The number of carbonyl (C=O) groups excluding carboxylic acids is 4. The molecule has 2 saturated heterocycles. The predicted molar refractivity (Wildman–Crippen MR) is 63.9 cm³/mol. The van der Waals surface area contributed by atoms with E-state index in [9.17, 15) is 19.2 Å². The molecule has 2 fully saturated rings. The van der Waals surface area contributed by atoms with E-state index in [1.54, 1.807) is 0 Å². The Labute approximate surface area is 115 Å². The second-order valence-corrected chi connectivity index (χ2v) is 5.71. The highest BCUT2D eigenvalue weighted by Crippen LogP contribution is 2.51. The van der Waals surface area contributed by atoms with Crippen LogP contribution in [0.3, 0.4) is 0 Å². The van der Waals surface area contributed by atoms with Gasteiger partial charge in [-0.3, -0.25) is 14.4 Å². The largest absolute Gasteiger partial charge is 0.393 e. The quantitative estimate of drug-likeness (QED) is 0.526. The van der Waals surface area contributed by atoms with E-state index in [1.165, 1.54) is 0 Å². The zero-order valence-electron chi connectivity index (χ0n) is 11.1. The Morgan fingerprint density at radius 1 is 1.05 bits per heavy atom. The number of fused-ring (bicyclic) bond motifs is 1. The number of esters is 4. The Kier molecular flexibility index (Phi) is 2.77. The van der Waals surface area contributed by atoms with E-state index in [2.05, 4.69) is 4.74 Å². The van der Waals surface area contributed by atoms with Crippen molar-refractivity contribution in [1.82, 2.24) is 0 Å². The summed E-state index contributed by atoms with van der Waals surface area (Å²) in [7, 11) is 0. The summed E-state index contributed by atoms with van der Waals surface area (Å²) >= 11 is 0. The fourth-order valence-corrected chi connectivity index (χ4v) is 3.57. The Hall–Kier alpha value is -1.98. The lowest BCUT2D eigenvalue weighted by Gasteiger charge is -2.40. The van der Waals surface area contributed by atoms with Crippen LogP contribution >= 0.6 is 0 Å². The number of hydrogen-bond donors (Lipinski definition) is 0. The summed E-state index contributed by atoms with van der Waals surface area (Å²) in [4.78, 5) is 46.6.